The average molecular weight is 433 g/mol. The smallest absolute Gasteiger partial charge is 0.378 e. The number of hydrogen-bond acceptors (Lipinski definition) is 4. The lowest BCUT2D eigenvalue weighted by Gasteiger charge is -2.18. The van der Waals surface area contributed by atoms with Crippen LogP contribution >= 0.6 is 11.8 Å². The van der Waals surface area contributed by atoms with Crippen molar-refractivity contribution in [3.63, 3.8) is 0 Å². The van der Waals surface area contributed by atoms with Crippen molar-refractivity contribution < 1.29 is 18.0 Å². The van der Waals surface area contributed by atoms with Crippen LogP contribution in [0.4, 0.5) is 24.5 Å². The standard InChI is InChI=1S/C22H22F3N3OS/c1-14(2)26-21-28(18-7-5-6-16(13-18)22(23,24)25)20(29)19(30-21)12-15-8-10-17(11-9-15)27(3)4/h5-14H,1-4H3/b19-12-,26-21-. The van der Waals surface area contributed by atoms with Crippen molar-refractivity contribution in [2.45, 2.75) is 26.1 Å². The molecule has 0 bridgehead atoms. The minimum absolute atomic E-state index is 0.118. The molecule has 1 heterocycles. The number of amides is 1. The van der Waals surface area contributed by atoms with E-state index >= 15 is 0 Å². The number of thioether (sulfide) groups is 1. The Morgan fingerprint density at radius 1 is 1.10 bits per heavy atom. The van der Waals surface area contributed by atoms with Gasteiger partial charge in [0.05, 0.1) is 16.2 Å². The zero-order valence-electron chi connectivity index (χ0n) is 17.1. The third-order valence-electron chi connectivity index (χ3n) is 4.31. The topological polar surface area (TPSA) is 35.9 Å². The molecule has 8 heteroatoms. The zero-order valence-corrected chi connectivity index (χ0v) is 17.9. The molecule has 1 aliphatic heterocycles. The molecule has 0 atom stereocenters. The van der Waals surface area contributed by atoms with Crippen LogP contribution in [0.2, 0.25) is 0 Å². The zero-order chi connectivity index (χ0) is 22.1. The van der Waals surface area contributed by atoms with E-state index in [1.807, 2.05) is 57.1 Å². The molecule has 30 heavy (non-hydrogen) atoms. The highest BCUT2D eigenvalue weighted by Crippen LogP contribution is 2.38. The Bertz CT molecular complexity index is 995. The lowest BCUT2D eigenvalue weighted by atomic mass is 10.1. The second-order valence-electron chi connectivity index (χ2n) is 7.29. The number of carbonyl (C=O) groups excluding carboxylic acids is 1. The Morgan fingerprint density at radius 2 is 1.77 bits per heavy atom. The number of rotatable bonds is 4. The van der Waals surface area contributed by atoms with Gasteiger partial charge in [0.25, 0.3) is 5.91 Å². The predicted octanol–water partition coefficient (Wildman–Crippen LogP) is 5.66. The number of aliphatic imine (C=N–C) groups is 1. The van der Waals surface area contributed by atoms with Crippen LogP contribution in [0.5, 0.6) is 0 Å². The summed E-state index contributed by atoms with van der Waals surface area (Å²) in [7, 11) is 3.87. The van der Waals surface area contributed by atoms with E-state index in [1.165, 1.54) is 17.0 Å². The maximum absolute atomic E-state index is 13.2. The van der Waals surface area contributed by atoms with Crippen LogP contribution in [0, 0.1) is 0 Å². The number of nitrogens with zero attached hydrogens (tertiary/aromatic N) is 3. The van der Waals surface area contributed by atoms with Gasteiger partial charge in [-0.15, -0.1) is 0 Å². The van der Waals surface area contributed by atoms with E-state index in [4.69, 9.17) is 0 Å². The first kappa shape index (κ1) is 22.0. The van der Waals surface area contributed by atoms with Gasteiger partial charge in [-0.2, -0.15) is 13.2 Å². The lowest BCUT2D eigenvalue weighted by molar-refractivity contribution is -0.137. The number of amidine groups is 1. The monoisotopic (exact) mass is 433 g/mol. The first-order valence-corrected chi connectivity index (χ1v) is 10.1. The quantitative estimate of drug-likeness (QED) is 0.584. The molecule has 2 aromatic carbocycles. The summed E-state index contributed by atoms with van der Waals surface area (Å²) in [5, 5.41) is 0.366. The van der Waals surface area contributed by atoms with Gasteiger partial charge in [0.1, 0.15) is 0 Å². The van der Waals surface area contributed by atoms with E-state index in [1.54, 1.807) is 6.08 Å². The maximum Gasteiger partial charge on any atom is 0.416 e. The van der Waals surface area contributed by atoms with E-state index in [-0.39, 0.29) is 11.7 Å². The van der Waals surface area contributed by atoms with Crippen LogP contribution in [0.1, 0.15) is 25.0 Å². The van der Waals surface area contributed by atoms with Crippen LogP contribution in [-0.4, -0.2) is 31.2 Å². The number of halogens is 3. The number of alkyl halides is 3. The molecule has 4 nitrogen and oxygen atoms in total. The van der Waals surface area contributed by atoms with Crippen LogP contribution in [-0.2, 0) is 11.0 Å². The van der Waals surface area contributed by atoms with Crippen molar-refractivity contribution in [3.8, 4) is 0 Å². The largest absolute Gasteiger partial charge is 0.416 e. The fourth-order valence-corrected chi connectivity index (χ4v) is 3.96. The highest BCUT2D eigenvalue weighted by molar-refractivity contribution is 8.19. The lowest BCUT2D eigenvalue weighted by Crippen LogP contribution is -2.29. The minimum Gasteiger partial charge on any atom is -0.378 e. The summed E-state index contributed by atoms with van der Waals surface area (Å²) in [5.41, 5.74) is 1.19. The van der Waals surface area contributed by atoms with Crippen LogP contribution in [0.25, 0.3) is 6.08 Å². The van der Waals surface area contributed by atoms with Gasteiger partial charge < -0.3 is 4.90 Å². The van der Waals surface area contributed by atoms with Gasteiger partial charge in [-0.3, -0.25) is 14.7 Å². The van der Waals surface area contributed by atoms with Gasteiger partial charge in [0.15, 0.2) is 5.17 Å². The molecule has 0 N–H and O–H groups in total. The van der Waals surface area contributed by atoms with Crippen LogP contribution < -0.4 is 9.80 Å². The molecule has 2 aromatic rings. The summed E-state index contributed by atoms with van der Waals surface area (Å²) < 4.78 is 39.5. The fourth-order valence-electron chi connectivity index (χ4n) is 2.85. The second-order valence-corrected chi connectivity index (χ2v) is 8.30. The number of anilines is 2. The molecule has 3 rings (SSSR count). The molecule has 0 unspecified atom stereocenters. The van der Waals surface area contributed by atoms with Crippen molar-refractivity contribution >= 4 is 40.3 Å². The number of benzene rings is 2. The van der Waals surface area contributed by atoms with Crippen LogP contribution in [0.15, 0.2) is 58.4 Å². The SMILES string of the molecule is CC(C)/N=C1\S/C(=C\c2ccc(N(C)C)cc2)C(=O)N1c1cccc(C(F)(F)F)c1. The molecular weight excluding hydrogens is 411 g/mol. The summed E-state index contributed by atoms with van der Waals surface area (Å²) in [6.07, 6.45) is -2.76. The third-order valence-corrected chi connectivity index (χ3v) is 5.30. The highest BCUT2D eigenvalue weighted by Gasteiger charge is 2.37. The molecule has 0 spiro atoms. The van der Waals surface area contributed by atoms with Gasteiger partial charge in [-0.05, 0) is 67.6 Å². The van der Waals surface area contributed by atoms with Crippen molar-refractivity contribution in [1.29, 1.82) is 0 Å². The van der Waals surface area contributed by atoms with Crippen molar-refractivity contribution in [3.05, 3.63) is 64.6 Å². The Morgan fingerprint density at radius 3 is 2.33 bits per heavy atom. The molecule has 0 radical (unpaired) electrons. The molecule has 1 fully saturated rings. The second kappa shape index (κ2) is 8.55. The van der Waals surface area contributed by atoms with Crippen LogP contribution in [0.3, 0.4) is 0 Å². The first-order valence-electron chi connectivity index (χ1n) is 9.32. The molecule has 1 amide bonds. The Labute approximate surface area is 178 Å². The highest BCUT2D eigenvalue weighted by atomic mass is 32.2. The van der Waals surface area contributed by atoms with E-state index in [2.05, 4.69) is 4.99 Å². The van der Waals surface area contributed by atoms with E-state index in [0.717, 1.165) is 35.1 Å². The summed E-state index contributed by atoms with van der Waals surface area (Å²) in [5.74, 6) is -0.393. The van der Waals surface area contributed by atoms with Crippen molar-refractivity contribution in [1.82, 2.24) is 0 Å². The molecule has 158 valence electrons. The van der Waals surface area contributed by atoms with Crippen molar-refractivity contribution in [2.24, 2.45) is 4.99 Å². The average Bonchev–Trinajstić information content (AvgIpc) is 2.96. The summed E-state index contributed by atoms with van der Waals surface area (Å²) in [6.45, 7) is 3.70. The third kappa shape index (κ3) is 4.87. The van der Waals surface area contributed by atoms with Gasteiger partial charge in [-0.25, -0.2) is 0 Å². The fraction of sp³-hybridized carbons (Fsp3) is 0.273. The minimum atomic E-state index is -4.49. The van der Waals surface area contributed by atoms with Gasteiger partial charge in [0.2, 0.25) is 0 Å². The Balaban J connectivity index is 2.00. The van der Waals surface area contributed by atoms with Gasteiger partial charge in [-0.1, -0.05) is 18.2 Å². The molecule has 1 aliphatic rings. The van der Waals surface area contributed by atoms with Gasteiger partial charge in [0, 0.05) is 25.8 Å². The van der Waals surface area contributed by atoms with E-state index < -0.39 is 17.6 Å². The van der Waals surface area contributed by atoms with Gasteiger partial charge >= 0.3 is 6.18 Å². The Hall–Kier alpha value is -2.74. The molecule has 0 saturated carbocycles. The summed E-state index contributed by atoms with van der Waals surface area (Å²) in [4.78, 5) is 21.2. The first-order chi connectivity index (χ1) is 14.1. The van der Waals surface area contributed by atoms with E-state index in [9.17, 15) is 18.0 Å². The normalized spacial score (nSPS) is 17.5. The maximum atomic E-state index is 13.2. The summed E-state index contributed by atoms with van der Waals surface area (Å²) >= 11 is 1.16. The molecular formula is C22H22F3N3OS. The van der Waals surface area contributed by atoms with Crippen molar-refractivity contribution in [2.75, 3.05) is 23.9 Å². The molecule has 1 saturated heterocycles. The molecule has 0 aliphatic carbocycles. The number of hydrogen-bond donors (Lipinski definition) is 0. The summed E-state index contributed by atoms with van der Waals surface area (Å²) in [6, 6.07) is 12.3. The molecule has 0 aromatic heterocycles. The van der Waals surface area contributed by atoms with E-state index in [0.29, 0.717) is 10.1 Å². The Kier molecular flexibility index (Phi) is 6.26. The number of carbonyl (C=O) groups is 1. The predicted molar refractivity (Wildman–Crippen MR) is 118 cm³/mol.